The molecule has 7 nitrogen and oxygen atoms in total. The molecule has 2 aromatic rings. The van der Waals surface area contributed by atoms with E-state index < -0.39 is 0 Å². The Morgan fingerprint density at radius 2 is 1.40 bits per heavy atom. The lowest BCUT2D eigenvalue weighted by Gasteiger charge is -2.26. The molecular formula is C18H32N6O. The van der Waals surface area contributed by atoms with Crippen LogP contribution in [-0.4, -0.2) is 43.2 Å². The van der Waals surface area contributed by atoms with E-state index >= 15 is 0 Å². The van der Waals surface area contributed by atoms with Gasteiger partial charge in [0, 0.05) is 36.3 Å². The van der Waals surface area contributed by atoms with Gasteiger partial charge in [0.2, 0.25) is 0 Å². The molecule has 0 fully saturated rings. The molecule has 0 atom stereocenters. The van der Waals surface area contributed by atoms with Crippen LogP contribution in [-0.2, 0) is 28.7 Å². The van der Waals surface area contributed by atoms with Gasteiger partial charge >= 0.3 is 0 Å². The summed E-state index contributed by atoms with van der Waals surface area (Å²) < 4.78 is 9.80. The van der Waals surface area contributed by atoms with Gasteiger partial charge < -0.3 is 4.74 Å². The van der Waals surface area contributed by atoms with Crippen molar-refractivity contribution in [2.24, 2.45) is 5.92 Å². The summed E-state index contributed by atoms with van der Waals surface area (Å²) in [5.41, 5.74) is 1.54. The molecule has 0 radical (unpaired) electrons. The van der Waals surface area contributed by atoms with Crippen molar-refractivity contribution in [3.8, 4) is 0 Å². The van der Waals surface area contributed by atoms with Gasteiger partial charge in [0.05, 0.1) is 24.6 Å². The highest BCUT2D eigenvalue weighted by Crippen LogP contribution is 2.25. The number of ether oxygens (including phenoxy) is 1. The third-order valence-electron chi connectivity index (χ3n) is 4.27. The molecule has 0 aliphatic rings. The van der Waals surface area contributed by atoms with Crippen LogP contribution in [0.3, 0.4) is 0 Å². The maximum Gasteiger partial charge on any atom is 0.0906 e. The summed E-state index contributed by atoms with van der Waals surface area (Å²) in [4.78, 5) is 0. The minimum absolute atomic E-state index is 0.182. The van der Waals surface area contributed by atoms with E-state index in [2.05, 4.69) is 69.1 Å². The predicted molar refractivity (Wildman–Crippen MR) is 97.4 cm³/mol. The molecular weight excluding hydrogens is 316 g/mol. The summed E-state index contributed by atoms with van der Waals surface area (Å²) in [7, 11) is 0. The quantitative estimate of drug-likeness (QED) is 0.697. The largest absolute Gasteiger partial charge is 0.380 e. The molecule has 0 aliphatic heterocycles. The zero-order chi connectivity index (χ0) is 18.7. The van der Waals surface area contributed by atoms with Gasteiger partial charge in [-0.1, -0.05) is 52.0 Å². The van der Waals surface area contributed by atoms with Gasteiger partial charge in [-0.05, 0) is 12.8 Å². The zero-order valence-electron chi connectivity index (χ0n) is 16.7. The molecule has 25 heavy (non-hydrogen) atoms. The molecule has 2 heterocycles. The normalized spacial score (nSPS) is 13.0. The SMILES string of the molecule is CCn1cc(C(C)(C)COCC(C)(C)c2cn(CC(C)C)nn2)nn1. The third-order valence-corrected chi connectivity index (χ3v) is 4.27. The maximum absolute atomic E-state index is 6.05. The first-order chi connectivity index (χ1) is 11.6. The average Bonchev–Trinajstić information content (AvgIpc) is 3.15. The Hall–Kier alpha value is -1.76. The Morgan fingerprint density at radius 1 is 0.920 bits per heavy atom. The second-order valence-corrected chi connectivity index (χ2v) is 8.44. The number of aryl methyl sites for hydroxylation is 1. The van der Waals surface area contributed by atoms with Gasteiger partial charge in [-0.2, -0.15) is 0 Å². The fraction of sp³-hybridized carbons (Fsp3) is 0.778. The summed E-state index contributed by atoms with van der Waals surface area (Å²) in [5.74, 6) is 0.547. The van der Waals surface area contributed by atoms with Gasteiger partial charge in [-0.3, -0.25) is 9.36 Å². The summed E-state index contributed by atoms with van der Waals surface area (Å²) in [5, 5.41) is 17.0. The van der Waals surface area contributed by atoms with Crippen LogP contribution >= 0.6 is 0 Å². The van der Waals surface area contributed by atoms with Crippen LogP contribution in [0.2, 0.25) is 0 Å². The van der Waals surface area contributed by atoms with E-state index in [1.54, 1.807) is 0 Å². The first kappa shape index (κ1) is 19.6. The number of rotatable bonds is 9. The molecule has 0 saturated carbocycles. The monoisotopic (exact) mass is 348 g/mol. The first-order valence-corrected chi connectivity index (χ1v) is 9.03. The lowest BCUT2D eigenvalue weighted by atomic mass is 9.89. The van der Waals surface area contributed by atoms with E-state index in [4.69, 9.17) is 4.74 Å². The highest BCUT2D eigenvalue weighted by Gasteiger charge is 2.29. The van der Waals surface area contributed by atoms with Crippen molar-refractivity contribution in [1.29, 1.82) is 0 Å². The summed E-state index contributed by atoms with van der Waals surface area (Å²) >= 11 is 0. The van der Waals surface area contributed by atoms with Gasteiger partial charge in [0.1, 0.15) is 0 Å². The standard InChI is InChI=1S/C18H32N6O/c1-8-23-10-15(19-21-23)17(4,5)12-25-13-18(6,7)16-11-24(22-20-16)9-14(2)3/h10-11,14H,8-9,12-13H2,1-7H3. The molecule has 2 aromatic heterocycles. The van der Waals surface area contributed by atoms with Crippen LogP contribution in [0.4, 0.5) is 0 Å². The maximum atomic E-state index is 6.05. The molecule has 0 spiro atoms. The van der Waals surface area contributed by atoms with Crippen LogP contribution in [0.15, 0.2) is 12.4 Å². The van der Waals surface area contributed by atoms with Crippen molar-refractivity contribution in [2.75, 3.05) is 13.2 Å². The number of hydrogen-bond donors (Lipinski definition) is 0. The van der Waals surface area contributed by atoms with Gasteiger partial charge in [-0.25, -0.2) is 0 Å². The zero-order valence-corrected chi connectivity index (χ0v) is 16.7. The highest BCUT2D eigenvalue weighted by atomic mass is 16.5. The van der Waals surface area contributed by atoms with Crippen LogP contribution in [0, 0.1) is 5.92 Å². The molecule has 2 rings (SSSR count). The van der Waals surface area contributed by atoms with Crippen molar-refractivity contribution >= 4 is 0 Å². The molecule has 0 unspecified atom stereocenters. The Morgan fingerprint density at radius 3 is 1.84 bits per heavy atom. The first-order valence-electron chi connectivity index (χ1n) is 9.03. The van der Waals surface area contributed by atoms with E-state index in [-0.39, 0.29) is 10.8 Å². The van der Waals surface area contributed by atoms with Crippen molar-refractivity contribution in [2.45, 2.75) is 72.4 Å². The molecule has 0 amide bonds. The van der Waals surface area contributed by atoms with E-state index in [9.17, 15) is 0 Å². The Balaban J connectivity index is 1.93. The highest BCUT2D eigenvalue weighted by molar-refractivity contribution is 5.10. The lowest BCUT2D eigenvalue weighted by molar-refractivity contribution is 0.0611. The minimum atomic E-state index is -0.188. The van der Waals surface area contributed by atoms with Gasteiger partial charge in [0.15, 0.2) is 0 Å². The molecule has 140 valence electrons. The Labute approximate surface area is 150 Å². The van der Waals surface area contributed by atoms with Crippen LogP contribution < -0.4 is 0 Å². The minimum Gasteiger partial charge on any atom is -0.380 e. The number of aromatic nitrogens is 6. The van der Waals surface area contributed by atoms with Crippen molar-refractivity contribution in [3.05, 3.63) is 23.8 Å². The van der Waals surface area contributed by atoms with Crippen molar-refractivity contribution < 1.29 is 4.74 Å². The van der Waals surface area contributed by atoms with E-state index in [1.807, 2.05) is 21.8 Å². The fourth-order valence-corrected chi connectivity index (χ4v) is 2.54. The second kappa shape index (κ2) is 7.64. The Kier molecular flexibility index (Phi) is 5.98. The fourth-order valence-electron chi connectivity index (χ4n) is 2.54. The average molecular weight is 348 g/mol. The third kappa shape index (κ3) is 5.11. The van der Waals surface area contributed by atoms with E-state index in [1.165, 1.54) is 0 Å². The van der Waals surface area contributed by atoms with Crippen molar-refractivity contribution in [3.63, 3.8) is 0 Å². The van der Waals surface area contributed by atoms with Gasteiger partial charge in [0.25, 0.3) is 0 Å². The smallest absolute Gasteiger partial charge is 0.0906 e. The molecule has 0 saturated heterocycles. The molecule has 0 N–H and O–H groups in total. The lowest BCUT2D eigenvalue weighted by Crippen LogP contribution is -2.31. The molecule has 7 heteroatoms. The molecule has 0 bridgehead atoms. The van der Waals surface area contributed by atoms with E-state index in [0.29, 0.717) is 19.1 Å². The van der Waals surface area contributed by atoms with Crippen LogP contribution in [0.5, 0.6) is 0 Å². The topological polar surface area (TPSA) is 70.7 Å². The summed E-state index contributed by atoms with van der Waals surface area (Å²) in [6.07, 6.45) is 4.02. The molecule has 0 aliphatic carbocycles. The summed E-state index contributed by atoms with van der Waals surface area (Å²) in [6.45, 7) is 17.8. The van der Waals surface area contributed by atoms with Crippen molar-refractivity contribution in [1.82, 2.24) is 30.0 Å². The molecule has 0 aromatic carbocycles. The predicted octanol–water partition coefficient (Wildman–Crippen LogP) is 2.82. The summed E-state index contributed by atoms with van der Waals surface area (Å²) in [6, 6.07) is 0. The van der Waals surface area contributed by atoms with Crippen LogP contribution in [0.1, 0.15) is 59.9 Å². The number of nitrogens with zero attached hydrogens (tertiary/aromatic N) is 6. The number of hydrogen-bond acceptors (Lipinski definition) is 5. The van der Waals surface area contributed by atoms with Gasteiger partial charge in [-0.15, -0.1) is 10.2 Å². The van der Waals surface area contributed by atoms with E-state index in [0.717, 1.165) is 24.5 Å². The second-order valence-electron chi connectivity index (χ2n) is 8.44. The Bertz CT molecular complexity index is 671. The van der Waals surface area contributed by atoms with Crippen LogP contribution in [0.25, 0.3) is 0 Å².